The summed E-state index contributed by atoms with van der Waals surface area (Å²) in [4.78, 5) is 0. The summed E-state index contributed by atoms with van der Waals surface area (Å²) in [5, 5.41) is 2.98. The van der Waals surface area contributed by atoms with Gasteiger partial charge in [0.15, 0.2) is 0 Å². The maximum Gasteiger partial charge on any atom is 0.418 e. The molecule has 17 heavy (non-hydrogen) atoms. The number of anilines is 2. The largest absolute Gasteiger partial charge is 0.418 e. The number of nitrogen functional groups attached to an aromatic ring is 1. The Labute approximate surface area is 98.0 Å². The molecular weight excluding hydrogens is 229 g/mol. The molecule has 0 amide bonds. The number of nitrogens with two attached hydrogens (primary N) is 1. The van der Waals surface area contributed by atoms with Crippen molar-refractivity contribution in [1.29, 1.82) is 0 Å². The van der Waals surface area contributed by atoms with Crippen LogP contribution in [0.2, 0.25) is 0 Å². The molecule has 0 atom stereocenters. The van der Waals surface area contributed by atoms with Crippen LogP contribution in [0.4, 0.5) is 24.5 Å². The van der Waals surface area contributed by atoms with Crippen molar-refractivity contribution in [2.45, 2.75) is 37.9 Å². The molecule has 0 bridgehead atoms. The van der Waals surface area contributed by atoms with Gasteiger partial charge in [-0.05, 0) is 44.4 Å². The topological polar surface area (TPSA) is 38.0 Å². The van der Waals surface area contributed by atoms with E-state index in [1.54, 1.807) is 0 Å². The van der Waals surface area contributed by atoms with Crippen molar-refractivity contribution in [3.63, 3.8) is 0 Å². The van der Waals surface area contributed by atoms with Crippen molar-refractivity contribution >= 4 is 11.4 Å². The zero-order valence-corrected chi connectivity index (χ0v) is 9.56. The van der Waals surface area contributed by atoms with E-state index in [2.05, 4.69) is 5.32 Å². The summed E-state index contributed by atoms with van der Waals surface area (Å²) in [7, 11) is 0. The summed E-state index contributed by atoms with van der Waals surface area (Å²) in [6.07, 6.45) is -1.53. The van der Waals surface area contributed by atoms with Crippen LogP contribution in [0.3, 0.4) is 0 Å². The smallest absolute Gasteiger partial charge is 0.399 e. The van der Waals surface area contributed by atoms with Gasteiger partial charge >= 0.3 is 6.18 Å². The maximum absolute atomic E-state index is 12.8. The van der Waals surface area contributed by atoms with E-state index in [0.717, 1.165) is 25.3 Å². The Morgan fingerprint density at radius 3 is 2.41 bits per heavy atom. The molecule has 1 aliphatic carbocycles. The maximum atomic E-state index is 12.8. The van der Waals surface area contributed by atoms with E-state index in [1.165, 1.54) is 12.1 Å². The molecule has 0 saturated heterocycles. The molecule has 1 saturated carbocycles. The molecule has 0 heterocycles. The molecule has 0 radical (unpaired) electrons. The van der Waals surface area contributed by atoms with Crippen LogP contribution in [0.15, 0.2) is 18.2 Å². The van der Waals surface area contributed by atoms with Gasteiger partial charge in [-0.2, -0.15) is 13.2 Å². The van der Waals surface area contributed by atoms with E-state index < -0.39 is 11.7 Å². The lowest BCUT2D eigenvalue weighted by atomic mass is 9.78. The fourth-order valence-corrected chi connectivity index (χ4v) is 2.06. The minimum atomic E-state index is -4.38. The zero-order valence-electron chi connectivity index (χ0n) is 9.56. The van der Waals surface area contributed by atoms with Gasteiger partial charge < -0.3 is 11.1 Å². The molecule has 1 fully saturated rings. The summed E-state index contributed by atoms with van der Waals surface area (Å²) in [6, 6.07) is 3.87. The van der Waals surface area contributed by atoms with Crippen molar-refractivity contribution in [2.75, 3.05) is 11.1 Å². The molecule has 2 nitrogen and oxygen atoms in total. The molecule has 1 aromatic rings. The van der Waals surface area contributed by atoms with E-state index in [1.807, 2.05) is 6.92 Å². The Balaban J connectivity index is 2.33. The van der Waals surface area contributed by atoms with Gasteiger partial charge in [0.2, 0.25) is 0 Å². The number of halogens is 3. The van der Waals surface area contributed by atoms with Crippen LogP contribution < -0.4 is 11.1 Å². The van der Waals surface area contributed by atoms with Crippen LogP contribution in [-0.4, -0.2) is 5.54 Å². The summed E-state index contributed by atoms with van der Waals surface area (Å²) < 4.78 is 38.5. The Bertz CT molecular complexity index is 422. The van der Waals surface area contributed by atoms with E-state index in [4.69, 9.17) is 5.73 Å². The molecule has 1 aromatic carbocycles. The highest BCUT2D eigenvalue weighted by atomic mass is 19.4. The minimum Gasteiger partial charge on any atom is -0.399 e. The van der Waals surface area contributed by atoms with Crippen LogP contribution in [-0.2, 0) is 6.18 Å². The third kappa shape index (κ3) is 2.48. The van der Waals surface area contributed by atoms with Gasteiger partial charge in [-0.25, -0.2) is 0 Å². The van der Waals surface area contributed by atoms with Crippen molar-refractivity contribution in [3.8, 4) is 0 Å². The first-order valence-corrected chi connectivity index (χ1v) is 5.55. The highest BCUT2D eigenvalue weighted by Gasteiger charge is 2.37. The van der Waals surface area contributed by atoms with Gasteiger partial charge in [0, 0.05) is 16.9 Å². The third-order valence-electron chi connectivity index (χ3n) is 3.24. The number of hydrogen-bond donors (Lipinski definition) is 2. The first kappa shape index (κ1) is 12.1. The van der Waals surface area contributed by atoms with Crippen LogP contribution >= 0.6 is 0 Å². The van der Waals surface area contributed by atoms with E-state index in [9.17, 15) is 13.2 Å². The molecule has 5 heteroatoms. The number of benzene rings is 1. The summed E-state index contributed by atoms with van der Waals surface area (Å²) in [6.45, 7) is 1.94. The standard InChI is InChI=1S/C12H15F3N2/c1-11(5-2-6-11)17-10-4-3-8(16)7-9(10)12(13,14)15/h3-4,7,17H,2,5-6,16H2,1H3. The predicted molar refractivity (Wildman–Crippen MR) is 61.7 cm³/mol. The first-order valence-electron chi connectivity index (χ1n) is 5.55. The SMILES string of the molecule is CC1(Nc2ccc(N)cc2C(F)(F)F)CCC1. The lowest BCUT2D eigenvalue weighted by Gasteiger charge is -2.40. The van der Waals surface area contributed by atoms with Crippen LogP contribution in [0.1, 0.15) is 31.7 Å². The lowest BCUT2D eigenvalue weighted by molar-refractivity contribution is -0.137. The minimum absolute atomic E-state index is 0.119. The quantitative estimate of drug-likeness (QED) is 0.779. The van der Waals surface area contributed by atoms with E-state index in [0.29, 0.717) is 0 Å². The molecule has 0 unspecified atom stereocenters. The summed E-state index contributed by atoms with van der Waals surface area (Å²) >= 11 is 0. The number of alkyl halides is 3. The second kappa shape index (κ2) is 3.82. The molecule has 2 rings (SSSR count). The zero-order chi connectivity index (χ0) is 12.7. The van der Waals surface area contributed by atoms with Crippen LogP contribution in [0.5, 0.6) is 0 Å². The van der Waals surface area contributed by atoms with Gasteiger partial charge in [-0.1, -0.05) is 0 Å². The van der Waals surface area contributed by atoms with Crippen molar-refractivity contribution < 1.29 is 13.2 Å². The first-order chi connectivity index (χ1) is 7.80. The lowest BCUT2D eigenvalue weighted by Crippen LogP contribution is -2.42. The van der Waals surface area contributed by atoms with Gasteiger partial charge in [0.25, 0.3) is 0 Å². The molecule has 94 valence electrons. The molecular formula is C12H15F3N2. The second-order valence-corrected chi connectivity index (χ2v) is 4.84. The number of rotatable bonds is 2. The van der Waals surface area contributed by atoms with Crippen LogP contribution in [0.25, 0.3) is 0 Å². The van der Waals surface area contributed by atoms with E-state index >= 15 is 0 Å². The fourth-order valence-electron chi connectivity index (χ4n) is 2.06. The highest BCUT2D eigenvalue weighted by molar-refractivity contribution is 5.60. The Hall–Kier alpha value is -1.39. The average molecular weight is 244 g/mol. The Morgan fingerprint density at radius 1 is 1.29 bits per heavy atom. The van der Waals surface area contributed by atoms with Crippen LogP contribution in [0, 0.1) is 0 Å². The van der Waals surface area contributed by atoms with Gasteiger partial charge in [-0.15, -0.1) is 0 Å². The number of nitrogens with one attached hydrogen (secondary N) is 1. The Kier molecular flexibility index (Phi) is 2.72. The molecule has 3 N–H and O–H groups in total. The van der Waals surface area contributed by atoms with Gasteiger partial charge in [-0.3, -0.25) is 0 Å². The second-order valence-electron chi connectivity index (χ2n) is 4.84. The Morgan fingerprint density at radius 2 is 1.94 bits per heavy atom. The number of hydrogen-bond acceptors (Lipinski definition) is 2. The highest BCUT2D eigenvalue weighted by Crippen LogP contribution is 2.40. The molecule has 1 aliphatic rings. The average Bonchev–Trinajstić information content (AvgIpc) is 2.17. The summed E-state index contributed by atoms with van der Waals surface area (Å²) in [5.74, 6) is 0. The molecule has 0 aromatic heterocycles. The normalized spacial score (nSPS) is 18.6. The monoisotopic (exact) mass is 244 g/mol. The molecule has 0 aliphatic heterocycles. The predicted octanol–water partition coefficient (Wildman–Crippen LogP) is 3.64. The van der Waals surface area contributed by atoms with Crippen molar-refractivity contribution in [1.82, 2.24) is 0 Å². The fraction of sp³-hybridized carbons (Fsp3) is 0.500. The van der Waals surface area contributed by atoms with E-state index in [-0.39, 0.29) is 16.9 Å². The van der Waals surface area contributed by atoms with Crippen molar-refractivity contribution in [3.05, 3.63) is 23.8 Å². The van der Waals surface area contributed by atoms with Crippen molar-refractivity contribution in [2.24, 2.45) is 0 Å². The third-order valence-corrected chi connectivity index (χ3v) is 3.24. The van der Waals surface area contributed by atoms with Gasteiger partial charge in [0.05, 0.1) is 5.56 Å². The molecule has 0 spiro atoms. The van der Waals surface area contributed by atoms with Gasteiger partial charge in [0.1, 0.15) is 0 Å². The summed E-state index contributed by atoms with van der Waals surface area (Å²) in [5.41, 5.74) is 4.75.